The van der Waals surface area contributed by atoms with Gasteiger partial charge < -0.3 is 10.4 Å². The van der Waals surface area contributed by atoms with E-state index >= 15 is 0 Å². The van der Waals surface area contributed by atoms with Crippen LogP contribution in [0.2, 0.25) is 0 Å². The Bertz CT molecular complexity index is 599. The molecular formula is C17H18N2O. The lowest BCUT2D eigenvalue weighted by Gasteiger charge is -2.13. The summed E-state index contributed by atoms with van der Waals surface area (Å²) in [6.45, 7) is 2.64. The molecule has 0 aliphatic rings. The highest BCUT2D eigenvalue weighted by Gasteiger charge is 2.07. The molecule has 1 atom stereocenters. The molecule has 3 heteroatoms. The number of nitrogens with one attached hydrogen (secondary N) is 1. The summed E-state index contributed by atoms with van der Waals surface area (Å²) in [5, 5.41) is 22.3. The Morgan fingerprint density at radius 2 is 1.85 bits per heavy atom. The van der Waals surface area contributed by atoms with Gasteiger partial charge in [-0.05, 0) is 31.0 Å². The van der Waals surface area contributed by atoms with E-state index in [9.17, 15) is 5.11 Å². The van der Waals surface area contributed by atoms with Crippen molar-refractivity contribution in [2.75, 3.05) is 11.9 Å². The zero-order valence-corrected chi connectivity index (χ0v) is 11.5. The molecule has 0 spiro atoms. The van der Waals surface area contributed by atoms with Crippen molar-refractivity contribution in [2.45, 2.75) is 19.4 Å². The SMILES string of the molecule is Cc1ccc(C(O)CCNc2ccccc2C#N)cc1. The predicted molar refractivity (Wildman–Crippen MR) is 80.4 cm³/mol. The third kappa shape index (κ3) is 3.59. The van der Waals surface area contributed by atoms with Crippen LogP contribution in [0.1, 0.15) is 29.2 Å². The Balaban J connectivity index is 1.90. The molecule has 0 aromatic heterocycles. The summed E-state index contributed by atoms with van der Waals surface area (Å²) in [6, 6.07) is 17.4. The molecule has 2 aromatic carbocycles. The first kappa shape index (κ1) is 14.1. The second kappa shape index (κ2) is 6.74. The number of aryl methyl sites for hydroxylation is 1. The minimum absolute atomic E-state index is 0.489. The second-order valence-electron chi connectivity index (χ2n) is 4.80. The van der Waals surface area contributed by atoms with Crippen LogP contribution in [0.4, 0.5) is 5.69 Å². The van der Waals surface area contributed by atoms with Gasteiger partial charge in [0.15, 0.2) is 0 Å². The largest absolute Gasteiger partial charge is 0.388 e. The summed E-state index contributed by atoms with van der Waals surface area (Å²) in [4.78, 5) is 0. The Morgan fingerprint density at radius 3 is 2.55 bits per heavy atom. The Morgan fingerprint density at radius 1 is 1.15 bits per heavy atom. The molecule has 0 saturated carbocycles. The highest BCUT2D eigenvalue weighted by molar-refractivity contribution is 5.57. The molecule has 102 valence electrons. The minimum atomic E-state index is -0.489. The van der Waals surface area contributed by atoms with E-state index in [0.29, 0.717) is 18.5 Å². The standard InChI is InChI=1S/C17H18N2O/c1-13-6-8-14(9-7-13)17(20)10-11-19-16-5-3-2-4-15(16)12-18/h2-9,17,19-20H,10-11H2,1H3. The molecule has 3 nitrogen and oxygen atoms in total. The molecule has 0 saturated heterocycles. The fourth-order valence-corrected chi connectivity index (χ4v) is 2.03. The summed E-state index contributed by atoms with van der Waals surface area (Å²) >= 11 is 0. The zero-order valence-electron chi connectivity index (χ0n) is 11.5. The van der Waals surface area contributed by atoms with Crippen molar-refractivity contribution >= 4 is 5.69 Å². The van der Waals surface area contributed by atoms with Crippen molar-refractivity contribution < 1.29 is 5.11 Å². The van der Waals surface area contributed by atoms with E-state index < -0.39 is 6.10 Å². The van der Waals surface area contributed by atoms with E-state index in [4.69, 9.17) is 5.26 Å². The van der Waals surface area contributed by atoms with Gasteiger partial charge >= 0.3 is 0 Å². The van der Waals surface area contributed by atoms with E-state index in [1.807, 2.05) is 49.4 Å². The third-order valence-corrected chi connectivity index (χ3v) is 3.24. The van der Waals surface area contributed by atoms with Crippen LogP contribution >= 0.6 is 0 Å². The summed E-state index contributed by atoms with van der Waals surface area (Å²) in [6.07, 6.45) is 0.111. The molecule has 0 bridgehead atoms. The number of aliphatic hydroxyl groups is 1. The van der Waals surface area contributed by atoms with E-state index in [1.165, 1.54) is 5.56 Å². The van der Waals surface area contributed by atoms with Crippen LogP contribution in [0.3, 0.4) is 0 Å². The third-order valence-electron chi connectivity index (χ3n) is 3.24. The molecule has 0 aliphatic heterocycles. The van der Waals surface area contributed by atoms with Crippen LogP contribution in [0, 0.1) is 18.3 Å². The number of rotatable bonds is 5. The summed E-state index contributed by atoms with van der Waals surface area (Å²) in [7, 11) is 0. The molecule has 1 unspecified atom stereocenters. The summed E-state index contributed by atoms with van der Waals surface area (Å²) in [5.41, 5.74) is 3.54. The van der Waals surface area contributed by atoms with Gasteiger partial charge in [0, 0.05) is 6.54 Å². The number of para-hydroxylation sites is 1. The quantitative estimate of drug-likeness (QED) is 0.872. The molecule has 0 amide bonds. The fourth-order valence-electron chi connectivity index (χ4n) is 2.03. The first-order valence-corrected chi connectivity index (χ1v) is 6.68. The fraction of sp³-hybridized carbons (Fsp3) is 0.235. The second-order valence-corrected chi connectivity index (χ2v) is 4.80. The van der Waals surface area contributed by atoms with Gasteiger partial charge in [-0.2, -0.15) is 5.26 Å². The summed E-state index contributed by atoms with van der Waals surface area (Å²) < 4.78 is 0. The highest BCUT2D eigenvalue weighted by atomic mass is 16.3. The number of nitriles is 1. The maximum absolute atomic E-state index is 10.1. The molecular weight excluding hydrogens is 248 g/mol. The van der Waals surface area contributed by atoms with Gasteiger partial charge in [-0.25, -0.2) is 0 Å². The van der Waals surface area contributed by atoms with Crippen LogP contribution in [0.15, 0.2) is 48.5 Å². The Kier molecular flexibility index (Phi) is 4.75. The van der Waals surface area contributed by atoms with Crippen LogP contribution in [-0.4, -0.2) is 11.7 Å². The minimum Gasteiger partial charge on any atom is -0.388 e. The average Bonchev–Trinajstić information content (AvgIpc) is 2.48. The van der Waals surface area contributed by atoms with E-state index in [-0.39, 0.29) is 0 Å². The summed E-state index contributed by atoms with van der Waals surface area (Å²) in [5.74, 6) is 0. The van der Waals surface area contributed by atoms with E-state index in [2.05, 4.69) is 11.4 Å². The molecule has 20 heavy (non-hydrogen) atoms. The van der Waals surface area contributed by atoms with E-state index in [0.717, 1.165) is 11.3 Å². The lowest BCUT2D eigenvalue weighted by Crippen LogP contribution is -2.08. The van der Waals surface area contributed by atoms with Gasteiger partial charge in [-0.3, -0.25) is 0 Å². The average molecular weight is 266 g/mol. The number of aliphatic hydroxyl groups excluding tert-OH is 1. The topological polar surface area (TPSA) is 56.0 Å². The van der Waals surface area contributed by atoms with Crippen molar-refractivity contribution in [2.24, 2.45) is 0 Å². The predicted octanol–water partition coefficient (Wildman–Crippen LogP) is 3.40. The van der Waals surface area contributed by atoms with Crippen LogP contribution in [0.5, 0.6) is 0 Å². The molecule has 2 aromatic rings. The van der Waals surface area contributed by atoms with Crippen LogP contribution < -0.4 is 5.32 Å². The number of nitrogens with zero attached hydrogens (tertiary/aromatic N) is 1. The van der Waals surface area contributed by atoms with E-state index in [1.54, 1.807) is 6.07 Å². The first-order valence-electron chi connectivity index (χ1n) is 6.68. The van der Waals surface area contributed by atoms with Crippen LogP contribution in [-0.2, 0) is 0 Å². The van der Waals surface area contributed by atoms with Crippen molar-refractivity contribution in [1.29, 1.82) is 5.26 Å². The van der Waals surface area contributed by atoms with Crippen molar-refractivity contribution in [3.63, 3.8) is 0 Å². The number of benzene rings is 2. The van der Waals surface area contributed by atoms with Gasteiger partial charge in [-0.1, -0.05) is 42.0 Å². The lowest BCUT2D eigenvalue weighted by atomic mass is 10.0. The van der Waals surface area contributed by atoms with Gasteiger partial charge in [0.25, 0.3) is 0 Å². The van der Waals surface area contributed by atoms with Crippen molar-refractivity contribution in [3.8, 4) is 6.07 Å². The lowest BCUT2D eigenvalue weighted by molar-refractivity contribution is 0.171. The van der Waals surface area contributed by atoms with Crippen LogP contribution in [0.25, 0.3) is 0 Å². The molecule has 0 aliphatic carbocycles. The monoisotopic (exact) mass is 266 g/mol. The smallest absolute Gasteiger partial charge is 0.101 e. The first-order chi connectivity index (χ1) is 9.70. The molecule has 0 heterocycles. The maximum atomic E-state index is 10.1. The molecule has 2 N–H and O–H groups in total. The van der Waals surface area contributed by atoms with Gasteiger partial charge in [0.1, 0.15) is 6.07 Å². The van der Waals surface area contributed by atoms with Crippen molar-refractivity contribution in [1.82, 2.24) is 0 Å². The molecule has 0 fully saturated rings. The Hall–Kier alpha value is -2.31. The van der Waals surface area contributed by atoms with Crippen molar-refractivity contribution in [3.05, 3.63) is 65.2 Å². The highest BCUT2D eigenvalue weighted by Crippen LogP contribution is 2.18. The zero-order chi connectivity index (χ0) is 14.4. The van der Waals surface area contributed by atoms with Gasteiger partial charge in [0.05, 0.1) is 17.4 Å². The number of hydrogen-bond donors (Lipinski definition) is 2. The Labute approximate surface area is 119 Å². The molecule has 0 radical (unpaired) electrons. The maximum Gasteiger partial charge on any atom is 0.101 e. The van der Waals surface area contributed by atoms with Gasteiger partial charge in [-0.15, -0.1) is 0 Å². The van der Waals surface area contributed by atoms with Gasteiger partial charge in [0.2, 0.25) is 0 Å². The normalized spacial score (nSPS) is 11.7. The number of anilines is 1. The molecule has 2 rings (SSSR count). The number of hydrogen-bond acceptors (Lipinski definition) is 3.